The number of hydrogen-bond acceptors (Lipinski definition) is 2. The fraction of sp³-hybridized carbons (Fsp3) is 0.211. The van der Waals surface area contributed by atoms with E-state index in [0.29, 0.717) is 0 Å². The zero-order valence-corrected chi connectivity index (χ0v) is 26.6. The maximum atomic E-state index is 5.38. The van der Waals surface area contributed by atoms with E-state index in [4.69, 9.17) is 9.98 Å². The van der Waals surface area contributed by atoms with E-state index in [1.165, 1.54) is 22.3 Å². The molecule has 3 aliphatic rings. The molecule has 3 heterocycles. The number of fused-ring (bicyclic) bond motifs is 12. The number of allylic oxidation sites excluding steroid dienone is 2. The predicted octanol–water partition coefficient (Wildman–Crippen LogP) is 8.94. The van der Waals surface area contributed by atoms with Crippen LogP contribution in [0.4, 0.5) is 0 Å². The molecule has 0 amide bonds. The molecule has 7 rings (SSSR count). The van der Waals surface area contributed by atoms with Crippen LogP contribution in [0.3, 0.4) is 0 Å². The second-order valence-corrected chi connectivity index (χ2v) is 12.2. The first kappa shape index (κ1) is 27.6. The SMILES string of the molecule is C/C1=C2/N=C(c3ccccc32)C(C)(C)c2[c-]c(ccc2)/C(C)=C2\N=C(c3ccccc32)C(C)(C)c2[c-]c1ccc2.[Pt+2]. The second kappa shape index (κ2) is 9.74. The topological polar surface area (TPSA) is 24.7 Å². The van der Waals surface area contributed by atoms with E-state index in [0.717, 1.165) is 56.2 Å². The van der Waals surface area contributed by atoms with Gasteiger partial charge in [-0.3, -0.25) is 9.98 Å². The van der Waals surface area contributed by atoms with Gasteiger partial charge in [-0.2, -0.15) is 0 Å². The molecule has 204 valence electrons. The van der Waals surface area contributed by atoms with Crippen LogP contribution in [0.15, 0.2) is 94.9 Å². The predicted molar refractivity (Wildman–Crippen MR) is 168 cm³/mol. The largest absolute Gasteiger partial charge is 2.00 e. The standard InChI is InChI=1S/C38H32N2.Pt/c1-23-25-13-11-15-27(21-25)37(3,4)36-32-20-10-8-18-30(32)34(40-36)24(2)26-14-12-16-28(22-26)38(5,6)35-31-19-9-7-17-29(31)33(23)39-35;/h7-20H,1-6H3;/q-2;+2/b33-23-,34-24-;. The van der Waals surface area contributed by atoms with Crippen molar-refractivity contribution >= 4 is 34.0 Å². The molecule has 0 fully saturated rings. The molecule has 0 aliphatic carbocycles. The zero-order chi connectivity index (χ0) is 27.8. The van der Waals surface area contributed by atoms with E-state index in [2.05, 4.69) is 139 Å². The Hall–Kier alpha value is -3.61. The molecule has 0 saturated heterocycles. The summed E-state index contributed by atoms with van der Waals surface area (Å²) in [7, 11) is 0. The fourth-order valence-electron chi connectivity index (χ4n) is 6.40. The Kier molecular flexibility index (Phi) is 6.55. The maximum Gasteiger partial charge on any atom is 2.00 e. The van der Waals surface area contributed by atoms with Crippen LogP contribution in [0.5, 0.6) is 0 Å². The summed E-state index contributed by atoms with van der Waals surface area (Å²) in [6.07, 6.45) is 0. The van der Waals surface area contributed by atoms with Crippen LogP contribution in [0.25, 0.3) is 22.5 Å². The van der Waals surface area contributed by atoms with Crippen molar-refractivity contribution in [3.63, 3.8) is 0 Å². The Labute approximate surface area is 257 Å². The van der Waals surface area contributed by atoms with Gasteiger partial charge < -0.3 is 0 Å². The summed E-state index contributed by atoms with van der Waals surface area (Å²) in [5, 5.41) is 0. The van der Waals surface area contributed by atoms with Crippen LogP contribution in [0, 0.1) is 12.1 Å². The number of benzene rings is 4. The van der Waals surface area contributed by atoms with Crippen LogP contribution in [0.2, 0.25) is 0 Å². The molecule has 8 bridgehead atoms. The molecule has 0 unspecified atom stereocenters. The van der Waals surface area contributed by atoms with E-state index in [-0.39, 0.29) is 31.9 Å². The number of rotatable bonds is 0. The summed E-state index contributed by atoms with van der Waals surface area (Å²) in [6.45, 7) is 13.4. The van der Waals surface area contributed by atoms with Gasteiger partial charge in [-0.15, -0.1) is 70.8 Å². The maximum absolute atomic E-state index is 5.38. The molecule has 0 saturated carbocycles. The third-order valence-corrected chi connectivity index (χ3v) is 8.96. The minimum absolute atomic E-state index is 0. The first-order chi connectivity index (χ1) is 19.2. The Balaban J connectivity index is 0.00000302. The Morgan fingerprint density at radius 3 is 1.24 bits per heavy atom. The van der Waals surface area contributed by atoms with Gasteiger partial charge in [-0.05, 0) is 0 Å². The van der Waals surface area contributed by atoms with Crippen molar-refractivity contribution in [1.29, 1.82) is 0 Å². The molecule has 3 heteroatoms. The second-order valence-electron chi connectivity index (χ2n) is 12.2. The van der Waals surface area contributed by atoms with Gasteiger partial charge in [0.2, 0.25) is 0 Å². The van der Waals surface area contributed by atoms with Crippen LogP contribution in [-0.4, -0.2) is 11.4 Å². The summed E-state index contributed by atoms with van der Waals surface area (Å²) >= 11 is 0. The minimum atomic E-state index is -0.355. The van der Waals surface area contributed by atoms with Gasteiger partial charge in [-0.1, -0.05) is 101 Å². The van der Waals surface area contributed by atoms with Crippen molar-refractivity contribution in [3.8, 4) is 0 Å². The quantitative estimate of drug-likeness (QED) is 0.163. The molecule has 0 N–H and O–H groups in total. The summed E-state index contributed by atoms with van der Waals surface area (Å²) in [5.74, 6) is 0. The fourth-order valence-corrected chi connectivity index (χ4v) is 6.40. The van der Waals surface area contributed by atoms with Gasteiger partial charge in [0.15, 0.2) is 0 Å². The Morgan fingerprint density at radius 1 is 0.488 bits per heavy atom. The molecule has 0 spiro atoms. The van der Waals surface area contributed by atoms with Gasteiger partial charge in [-0.25, -0.2) is 0 Å². The molecule has 3 aliphatic heterocycles. The third kappa shape index (κ3) is 4.10. The first-order valence-electron chi connectivity index (χ1n) is 14.0. The van der Waals surface area contributed by atoms with Crippen LogP contribution >= 0.6 is 0 Å². The van der Waals surface area contributed by atoms with Crippen LogP contribution in [0.1, 0.15) is 86.1 Å². The van der Waals surface area contributed by atoms with E-state index in [9.17, 15) is 0 Å². The van der Waals surface area contributed by atoms with Crippen molar-refractivity contribution in [1.82, 2.24) is 0 Å². The molecular weight excluding hydrogens is 680 g/mol. The van der Waals surface area contributed by atoms with Gasteiger partial charge in [0.05, 0.1) is 11.4 Å². The van der Waals surface area contributed by atoms with Crippen molar-refractivity contribution in [2.75, 3.05) is 0 Å². The molecule has 4 aromatic carbocycles. The van der Waals surface area contributed by atoms with E-state index in [1.54, 1.807) is 0 Å². The van der Waals surface area contributed by atoms with Gasteiger partial charge in [0.1, 0.15) is 0 Å². The molecule has 41 heavy (non-hydrogen) atoms. The third-order valence-electron chi connectivity index (χ3n) is 8.96. The zero-order valence-electron chi connectivity index (χ0n) is 24.3. The summed E-state index contributed by atoms with van der Waals surface area (Å²) in [4.78, 5) is 10.8. The average Bonchev–Trinajstić information content (AvgIpc) is 3.57. The monoisotopic (exact) mass is 711 g/mol. The van der Waals surface area contributed by atoms with Gasteiger partial charge in [0.25, 0.3) is 0 Å². The van der Waals surface area contributed by atoms with Crippen molar-refractivity contribution in [2.45, 2.75) is 52.4 Å². The summed E-state index contributed by atoms with van der Waals surface area (Å²) < 4.78 is 0. The van der Waals surface area contributed by atoms with Gasteiger partial charge >= 0.3 is 21.1 Å². The average molecular weight is 712 g/mol. The Bertz CT molecular complexity index is 1730. The molecule has 0 atom stereocenters. The first-order valence-corrected chi connectivity index (χ1v) is 14.0. The van der Waals surface area contributed by atoms with Crippen molar-refractivity contribution < 1.29 is 21.1 Å². The van der Waals surface area contributed by atoms with Crippen molar-refractivity contribution in [2.24, 2.45) is 9.98 Å². The molecule has 0 radical (unpaired) electrons. The Morgan fingerprint density at radius 2 is 0.854 bits per heavy atom. The molecular formula is C38H32N2Pt. The van der Waals surface area contributed by atoms with Crippen molar-refractivity contribution in [3.05, 3.63) is 142 Å². The number of aliphatic imine (C=N–C) groups is 2. The summed E-state index contributed by atoms with van der Waals surface area (Å²) in [5.41, 5.74) is 14.9. The van der Waals surface area contributed by atoms with Crippen LogP contribution < -0.4 is 0 Å². The van der Waals surface area contributed by atoms with Gasteiger partial charge in [0, 0.05) is 44.5 Å². The molecule has 4 aromatic rings. The minimum Gasteiger partial charge on any atom is -0.261 e. The number of hydrogen-bond donors (Lipinski definition) is 0. The molecule has 2 nitrogen and oxygen atoms in total. The molecule has 0 aromatic heterocycles. The number of nitrogens with zero attached hydrogens (tertiary/aromatic N) is 2. The normalized spacial score (nSPS) is 21.3. The van der Waals surface area contributed by atoms with E-state index >= 15 is 0 Å². The van der Waals surface area contributed by atoms with E-state index in [1.807, 2.05) is 0 Å². The van der Waals surface area contributed by atoms with E-state index < -0.39 is 0 Å². The summed E-state index contributed by atoms with van der Waals surface area (Å²) in [6, 6.07) is 37.8. The van der Waals surface area contributed by atoms with Crippen LogP contribution in [-0.2, 0) is 31.9 Å². The smallest absolute Gasteiger partial charge is 0.261 e.